The first kappa shape index (κ1) is 31.2. The van der Waals surface area contributed by atoms with Crippen LogP contribution in [-0.4, -0.2) is 87.6 Å². The number of likely N-dealkylation sites (tertiary alicyclic amines) is 1. The monoisotopic (exact) mass is 583 g/mol. The summed E-state index contributed by atoms with van der Waals surface area (Å²) in [6, 6.07) is 6.74. The van der Waals surface area contributed by atoms with Gasteiger partial charge >= 0.3 is 0 Å². The zero-order valence-corrected chi connectivity index (χ0v) is 25.5. The molecule has 8 nitrogen and oxygen atoms in total. The highest BCUT2D eigenvalue weighted by molar-refractivity contribution is 8.02. The third-order valence-corrected chi connectivity index (χ3v) is 10.7. The minimum Gasteiger partial charge on any atom is -0.494 e. The van der Waals surface area contributed by atoms with Crippen LogP contribution in [0.5, 0.6) is 5.75 Å². The van der Waals surface area contributed by atoms with E-state index in [1.165, 1.54) is 0 Å². The number of fused-ring (bicyclic) bond motifs is 1. The van der Waals surface area contributed by atoms with E-state index in [1.54, 1.807) is 33.7 Å². The summed E-state index contributed by atoms with van der Waals surface area (Å²) in [5.41, 5.74) is 0.723. The maximum Gasteiger partial charge on any atom is 0.247 e. The topological polar surface area (TPSA) is 90.4 Å². The molecule has 2 bridgehead atoms. The molecule has 0 saturated carbocycles. The third-order valence-electron chi connectivity index (χ3n) is 8.76. The normalized spacial score (nSPS) is 26.9. The average molecular weight is 584 g/mol. The van der Waals surface area contributed by atoms with Crippen LogP contribution in [0.25, 0.3) is 0 Å². The fourth-order valence-corrected chi connectivity index (χ4v) is 9.28. The smallest absolute Gasteiger partial charge is 0.247 e. The summed E-state index contributed by atoms with van der Waals surface area (Å²) in [6.45, 7) is 15.3. The summed E-state index contributed by atoms with van der Waals surface area (Å²) in [5, 5.41) is 9.60. The number of carbonyl (C=O) groups excluding carboxylic acids is 3. The zero-order chi connectivity index (χ0) is 29.7. The van der Waals surface area contributed by atoms with E-state index in [9.17, 15) is 19.5 Å². The Labute approximate surface area is 248 Å². The number of amides is 3. The largest absolute Gasteiger partial charge is 0.494 e. The highest BCUT2D eigenvalue weighted by Crippen LogP contribution is 2.66. The van der Waals surface area contributed by atoms with Crippen LogP contribution in [0.15, 0.2) is 49.6 Å². The SMILES string of the molecule is C=CCN(C(=O)[C@@H]1[C@H]2C(=O)N(CCCO)C(C(=O)N(CC=C)C(C)CCC)C23CC[C@H]1S3)c1ccc(OCC)cc1. The minimum absolute atomic E-state index is 0.000446. The molecule has 3 heterocycles. The molecule has 3 unspecified atom stereocenters. The van der Waals surface area contributed by atoms with Crippen molar-refractivity contribution in [2.24, 2.45) is 11.8 Å². The molecule has 9 heteroatoms. The second-order valence-corrected chi connectivity index (χ2v) is 12.8. The van der Waals surface area contributed by atoms with Gasteiger partial charge in [0.1, 0.15) is 11.8 Å². The van der Waals surface area contributed by atoms with Crippen LogP contribution in [0.1, 0.15) is 52.9 Å². The highest BCUT2D eigenvalue weighted by atomic mass is 32.2. The summed E-state index contributed by atoms with van der Waals surface area (Å²) < 4.78 is 4.91. The number of hydrogen-bond acceptors (Lipinski definition) is 6. The molecule has 3 saturated heterocycles. The van der Waals surface area contributed by atoms with E-state index in [2.05, 4.69) is 20.1 Å². The first-order valence-electron chi connectivity index (χ1n) is 14.9. The van der Waals surface area contributed by atoms with Gasteiger partial charge in [0.05, 0.1) is 23.2 Å². The van der Waals surface area contributed by atoms with Crippen LogP contribution >= 0.6 is 11.8 Å². The Morgan fingerprint density at radius 1 is 1.20 bits per heavy atom. The van der Waals surface area contributed by atoms with E-state index >= 15 is 0 Å². The molecule has 1 aromatic carbocycles. The molecule has 0 radical (unpaired) electrons. The molecule has 1 spiro atoms. The number of aliphatic hydroxyl groups excluding tert-OH is 1. The van der Waals surface area contributed by atoms with Crippen LogP contribution in [0.3, 0.4) is 0 Å². The Morgan fingerprint density at radius 3 is 2.51 bits per heavy atom. The second kappa shape index (κ2) is 13.5. The fourth-order valence-electron chi connectivity index (χ4n) is 7.07. The minimum atomic E-state index is -0.670. The second-order valence-electron chi connectivity index (χ2n) is 11.2. The van der Waals surface area contributed by atoms with E-state index in [0.717, 1.165) is 30.7 Å². The standard InChI is InChI=1S/C32H45N3O5S/c1-6-11-22(5)33(18-7-2)31(39)28-32-17-16-25(41-32)26(27(32)30(38)35(28)20-10-21-36)29(37)34(19-8-3)23-12-14-24(15-13-23)40-9-4/h7-8,12-15,22,25-28,36H,2-3,6,9-11,16-21H2,1,4-5H3/t22?,25-,26+,27+,28?,32?/m1/s1. The molecular formula is C32H45N3O5S. The zero-order valence-electron chi connectivity index (χ0n) is 24.7. The lowest BCUT2D eigenvalue weighted by atomic mass is 9.70. The van der Waals surface area contributed by atoms with Crippen LogP contribution < -0.4 is 9.64 Å². The Bertz CT molecular complexity index is 1130. The molecule has 41 heavy (non-hydrogen) atoms. The van der Waals surface area contributed by atoms with E-state index in [-0.39, 0.29) is 42.2 Å². The Kier molecular flexibility index (Phi) is 10.2. The van der Waals surface area contributed by atoms with Crippen molar-refractivity contribution in [1.29, 1.82) is 0 Å². The fraction of sp³-hybridized carbons (Fsp3) is 0.594. The van der Waals surface area contributed by atoms with E-state index in [0.29, 0.717) is 32.5 Å². The first-order valence-corrected chi connectivity index (χ1v) is 15.8. The van der Waals surface area contributed by atoms with E-state index < -0.39 is 22.6 Å². The lowest BCUT2D eigenvalue weighted by Gasteiger charge is -2.39. The molecule has 3 amide bonds. The molecule has 224 valence electrons. The first-order chi connectivity index (χ1) is 19.8. The van der Waals surface area contributed by atoms with Crippen molar-refractivity contribution in [3.05, 3.63) is 49.6 Å². The lowest BCUT2D eigenvalue weighted by Crippen LogP contribution is -2.56. The molecule has 0 aliphatic carbocycles. The van der Waals surface area contributed by atoms with Crippen molar-refractivity contribution in [3.63, 3.8) is 0 Å². The van der Waals surface area contributed by atoms with Crippen LogP contribution in [0, 0.1) is 11.8 Å². The molecule has 3 aliphatic rings. The van der Waals surface area contributed by atoms with Gasteiger partial charge < -0.3 is 24.5 Å². The summed E-state index contributed by atoms with van der Waals surface area (Å²) >= 11 is 1.67. The van der Waals surface area contributed by atoms with Crippen molar-refractivity contribution >= 4 is 35.2 Å². The number of anilines is 1. The van der Waals surface area contributed by atoms with Gasteiger partial charge in [-0.3, -0.25) is 14.4 Å². The third kappa shape index (κ3) is 5.67. The van der Waals surface area contributed by atoms with Gasteiger partial charge in [0.15, 0.2) is 0 Å². The summed E-state index contributed by atoms with van der Waals surface area (Å²) in [5.74, 6) is -0.724. The van der Waals surface area contributed by atoms with Crippen molar-refractivity contribution in [2.75, 3.05) is 37.7 Å². The molecule has 1 aromatic rings. The molecular weight excluding hydrogens is 538 g/mol. The average Bonchev–Trinajstić information content (AvgIpc) is 3.61. The Balaban J connectivity index is 1.71. The van der Waals surface area contributed by atoms with Gasteiger partial charge in [-0.2, -0.15) is 0 Å². The Morgan fingerprint density at radius 2 is 1.90 bits per heavy atom. The van der Waals surface area contributed by atoms with Gasteiger partial charge in [0.25, 0.3) is 0 Å². The van der Waals surface area contributed by atoms with Crippen molar-refractivity contribution in [2.45, 2.75) is 75.0 Å². The number of carbonyl (C=O) groups is 3. The summed E-state index contributed by atoms with van der Waals surface area (Å²) in [4.78, 5) is 48.3. The molecule has 4 rings (SSSR count). The quantitative estimate of drug-likeness (QED) is 0.310. The number of thioether (sulfide) groups is 1. The summed E-state index contributed by atoms with van der Waals surface area (Å²) in [7, 11) is 0. The van der Waals surface area contributed by atoms with Crippen LogP contribution in [-0.2, 0) is 14.4 Å². The number of hydrogen-bond donors (Lipinski definition) is 1. The number of benzene rings is 1. The molecule has 1 N–H and O–H groups in total. The Hall–Kier alpha value is -2.78. The maximum atomic E-state index is 14.4. The van der Waals surface area contributed by atoms with Gasteiger partial charge in [0, 0.05) is 43.2 Å². The predicted octanol–water partition coefficient (Wildman–Crippen LogP) is 4.28. The van der Waals surface area contributed by atoms with Crippen molar-refractivity contribution < 1.29 is 24.2 Å². The molecule has 3 aliphatic heterocycles. The molecule has 3 fully saturated rings. The van der Waals surface area contributed by atoms with Crippen molar-refractivity contribution in [3.8, 4) is 5.75 Å². The van der Waals surface area contributed by atoms with E-state index in [4.69, 9.17) is 4.74 Å². The lowest BCUT2D eigenvalue weighted by molar-refractivity contribution is -0.144. The number of ether oxygens (including phenoxy) is 1. The van der Waals surface area contributed by atoms with Crippen molar-refractivity contribution in [1.82, 2.24) is 9.80 Å². The molecule has 0 aromatic heterocycles. The van der Waals surface area contributed by atoms with Gasteiger partial charge in [-0.05, 0) is 63.8 Å². The van der Waals surface area contributed by atoms with E-state index in [1.807, 2.05) is 43.0 Å². The summed E-state index contributed by atoms with van der Waals surface area (Å²) in [6.07, 6.45) is 7.09. The maximum absolute atomic E-state index is 14.4. The number of nitrogens with zero attached hydrogens (tertiary/aromatic N) is 3. The highest BCUT2D eigenvalue weighted by Gasteiger charge is 2.74. The van der Waals surface area contributed by atoms with Crippen LogP contribution in [0.2, 0.25) is 0 Å². The number of aliphatic hydroxyl groups is 1. The van der Waals surface area contributed by atoms with Gasteiger partial charge in [-0.25, -0.2) is 0 Å². The predicted molar refractivity (Wildman–Crippen MR) is 164 cm³/mol. The number of rotatable bonds is 15. The molecule has 6 atom stereocenters. The van der Waals surface area contributed by atoms with Gasteiger partial charge in [0.2, 0.25) is 17.7 Å². The van der Waals surface area contributed by atoms with Gasteiger partial charge in [-0.1, -0.05) is 25.5 Å². The van der Waals surface area contributed by atoms with Gasteiger partial charge in [-0.15, -0.1) is 24.9 Å². The van der Waals surface area contributed by atoms with Crippen LogP contribution in [0.4, 0.5) is 5.69 Å².